The first-order valence-corrected chi connectivity index (χ1v) is 9.59. The molecule has 1 aliphatic heterocycles. The van der Waals surface area contributed by atoms with Crippen LogP contribution in [-0.2, 0) is 11.3 Å². The second kappa shape index (κ2) is 8.68. The van der Waals surface area contributed by atoms with Crippen LogP contribution in [0, 0.1) is 5.82 Å². The molecule has 29 heavy (non-hydrogen) atoms. The van der Waals surface area contributed by atoms with Gasteiger partial charge in [-0.05, 0) is 6.07 Å². The van der Waals surface area contributed by atoms with Crippen LogP contribution in [0.1, 0.15) is 5.56 Å². The average Bonchev–Trinajstić information content (AvgIpc) is 2.79. The molecule has 1 fully saturated rings. The fraction of sp³-hybridized carbons (Fsp3) is 0.227. The highest BCUT2D eigenvalue weighted by Crippen LogP contribution is 2.24. The van der Waals surface area contributed by atoms with Crippen LogP contribution in [0.5, 0.6) is 0 Å². The van der Waals surface area contributed by atoms with Gasteiger partial charge in [-0.1, -0.05) is 48.5 Å². The zero-order valence-electron chi connectivity index (χ0n) is 16.0. The van der Waals surface area contributed by atoms with Crippen LogP contribution in [0.4, 0.5) is 16.0 Å². The van der Waals surface area contributed by atoms with E-state index in [1.54, 1.807) is 17.0 Å². The minimum Gasteiger partial charge on any atom is -0.366 e. The van der Waals surface area contributed by atoms with Gasteiger partial charge >= 0.3 is 0 Å². The number of anilines is 2. The van der Waals surface area contributed by atoms with Crippen molar-refractivity contribution in [3.8, 4) is 11.4 Å². The number of nitrogens with zero attached hydrogens (tertiary/aromatic N) is 4. The number of carbonyl (C=O) groups is 1. The lowest BCUT2D eigenvalue weighted by molar-refractivity contribution is -0.118. The number of hydrogen-bond acceptors (Lipinski definition) is 5. The third kappa shape index (κ3) is 4.51. The van der Waals surface area contributed by atoms with E-state index in [0.717, 1.165) is 17.8 Å². The summed E-state index contributed by atoms with van der Waals surface area (Å²) < 4.78 is 14.0. The molecule has 0 bridgehead atoms. The van der Waals surface area contributed by atoms with E-state index in [9.17, 15) is 9.18 Å². The number of benzene rings is 2. The molecule has 0 unspecified atom stereocenters. The molecule has 2 heterocycles. The van der Waals surface area contributed by atoms with Crippen LogP contribution in [0.15, 0.2) is 60.7 Å². The second-order valence-corrected chi connectivity index (χ2v) is 6.87. The van der Waals surface area contributed by atoms with E-state index in [2.05, 4.69) is 15.2 Å². The van der Waals surface area contributed by atoms with Crippen molar-refractivity contribution >= 4 is 18.0 Å². The van der Waals surface area contributed by atoms with Gasteiger partial charge in [-0.25, -0.2) is 14.4 Å². The minimum atomic E-state index is -0.248. The van der Waals surface area contributed by atoms with Gasteiger partial charge in [0.2, 0.25) is 6.41 Å². The Bertz CT molecular complexity index is 974. The van der Waals surface area contributed by atoms with Gasteiger partial charge in [0.25, 0.3) is 0 Å². The number of amides is 1. The largest absolute Gasteiger partial charge is 0.366 e. The molecule has 1 N–H and O–H groups in total. The normalized spacial score (nSPS) is 14.0. The monoisotopic (exact) mass is 391 g/mol. The van der Waals surface area contributed by atoms with Crippen molar-refractivity contribution in [1.82, 2.24) is 14.9 Å². The van der Waals surface area contributed by atoms with Crippen molar-refractivity contribution < 1.29 is 9.18 Å². The molecule has 2 aromatic carbocycles. The average molecular weight is 391 g/mol. The molecule has 0 atom stereocenters. The van der Waals surface area contributed by atoms with Crippen LogP contribution in [0.3, 0.4) is 0 Å². The highest BCUT2D eigenvalue weighted by Gasteiger charge is 2.19. The molecule has 6 nitrogen and oxygen atoms in total. The van der Waals surface area contributed by atoms with E-state index in [1.165, 1.54) is 6.07 Å². The van der Waals surface area contributed by atoms with Gasteiger partial charge < -0.3 is 15.1 Å². The lowest BCUT2D eigenvalue weighted by atomic mass is 10.2. The minimum absolute atomic E-state index is 0.248. The Balaban J connectivity index is 1.61. The summed E-state index contributed by atoms with van der Waals surface area (Å²) in [5, 5.41) is 3.23. The SMILES string of the molecule is O=CN1CCN(c2cc(NCc3ccccc3F)nc(-c3ccccc3)n2)CC1. The van der Waals surface area contributed by atoms with Gasteiger partial charge in [-0.3, -0.25) is 4.79 Å². The smallest absolute Gasteiger partial charge is 0.209 e. The van der Waals surface area contributed by atoms with Crippen LogP contribution < -0.4 is 10.2 Å². The summed E-state index contributed by atoms with van der Waals surface area (Å²) in [7, 11) is 0. The number of rotatable bonds is 6. The molecule has 1 saturated heterocycles. The van der Waals surface area contributed by atoms with Crippen molar-refractivity contribution in [3.63, 3.8) is 0 Å². The number of halogens is 1. The third-order valence-electron chi connectivity index (χ3n) is 4.95. The first kappa shape index (κ1) is 18.9. The van der Waals surface area contributed by atoms with Gasteiger partial charge in [0.15, 0.2) is 5.82 Å². The molecule has 7 heteroatoms. The standard InChI is InChI=1S/C22H22FN5O/c23-19-9-5-4-8-18(19)15-24-20-14-21(28-12-10-27(16-29)11-13-28)26-22(25-20)17-6-2-1-3-7-17/h1-9,14,16H,10-13,15H2,(H,24,25,26). The molecule has 1 amide bonds. The predicted molar refractivity (Wildman–Crippen MR) is 111 cm³/mol. The first-order valence-electron chi connectivity index (χ1n) is 9.59. The number of piperazine rings is 1. The maximum Gasteiger partial charge on any atom is 0.209 e. The topological polar surface area (TPSA) is 61.4 Å². The summed E-state index contributed by atoms with van der Waals surface area (Å²) in [6.07, 6.45) is 0.883. The Morgan fingerprint density at radius 1 is 0.966 bits per heavy atom. The number of hydrogen-bond donors (Lipinski definition) is 1. The number of carbonyl (C=O) groups excluding carboxylic acids is 1. The maximum atomic E-state index is 14.0. The lowest BCUT2D eigenvalue weighted by Gasteiger charge is -2.33. The second-order valence-electron chi connectivity index (χ2n) is 6.87. The van der Waals surface area contributed by atoms with Crippen LogP contribution in [-0.4, -0.2) is 47.5 Å². The molecule has 3 aromatic rings. The van der Waals surface area contributed by atoms with Gasteiger partial charge in [-0.15, -0.1) is 0 Å². The molecule has 0 aliphatic carbocycles. The molecule has 148 valence electrons. The highest BCUT2D eigenvalue weighted by molar-refractivity contribution is 5.62. The van der Waals surface area contributed by atoms with E-state index in [0.29, 0.717) is 49.9 Å². The summed E-state index contributed by atoms with van der Waals surface area (Å²) >= 11 is 0. The van der Waals surface area contributed by atoms with Crippen molar-refractivity contribution in [2.45, 2.75) is 6.54 Å². The Morgan fingerprint density at radius 2 is 1.69 bits per heavy atom. The summed E-state index contributed by atoms with van der Waals surface area (Å²) in [4.78, 5) is 24.3. The van der Waals surface area contributed by atoms with Crippen molar-refractivity contribution in [1.29, 1.82) is 0 Å². The Labute approximate surface area is 169 Å². The fourth-order valence-corrected chi connectivity index (χ4v) is 3.29. The molecular formula is C22H22FN5O. The molecular weight excluding hydrogens is 369 g/mol. The molecule has 0 radical (unpaired) electrons. The fourth-order valence-electron chi connectivity index (χ4n) is 3.29. The van der Waals surface area contributed by atoms with Crippen molar-refractivity contribution in [2.75, 3.05) is 36.4 Å². The molecule has 0 spiro atoms. The maximum absolute atomic E-state index is 14.0. The summed E-state index contributed by atoms with van der Waals surface area (Å²) in [5.41, 5.74) is 1.49. The number of nitrogens with one attached hydrogen (secondary N) is 1. The molecule has 1 aliphatic rings. The summed E-state index contributed by atoms with van der Waals surface area (Å²) in [6, 6.07) is 18.3. The van der Waals surface area contributed by atoms with E-state index < -0.39 is 0 Å². The third-order valence-corrected chi connectivity index (χ3v) is 4.95. The first-order chi connectivity index (χ1) is 14.2. The molecule has 1 aromatic heterocycles. The quantitative estimate of drug-likeness (QED) is 0.654. The summed E-state index contributed by atoms with van der Waals surface area (Å²) in [6.45, 7) is 3.06. The predicted octanol–water partition coefficient (Wildman–Crippen LogP) is 3.17. The highest BCUT2D eigenvalue weighted by atomic mass is 19.1. The van der Waals surface area contributed by atoms with E-state index in [-0.39, 0.29) is 5.82 Å². The van der Waals surface area contributed by atoms with Crippen LogP contribution in [0.2, 0.25) is 0 Å². The van der Waals surface area contributed by atoms with Crippen LogP contribution >= 0.6 is 0 Å². The van der Waals surface area contributed by atoms with Gasteiger partial charge in [0.05, 0.1) is 0 Å². The van der Waals surface area contributed by atoms with E-state index in [1.807, 2.05) is 42.5 Å². The molecule has 0 saturated carbocycles. The lowest BCUT2D eigenvalue weighted by Crippen LogP contribution is -2.46. The van der Waals surface area contributed by atoms with Crippen LogP contribution in [0.25, 0.3) is 11.4 Å². The zero-order valence-corrected chi connectivity index (χ0v) is 16.0. The Morgan fingerprint density at radius 3 is 2.41 bits per heavy atom. The van der Waals surface area contributed by atoms with Gasteiger partial charge in [0.1, 0.15) is 17.5 Å². The Hall–Kier alpha value is -3.48. The van der Waals surface area contributed by atoms with Gasteiger partial charge in [-0.2, -0.15) is 0 Å². The van der Waals surface area contributed by atoms with E-state index in [4.69, 9.17) is 4.98 Å². The summed E-state index contributed by atoms with van der Waals surface area (Å²) in [5.74, 6) is 1.79. The zero-order chi connectivity index (χ0) is 20.1. The molecule has 4 rings (SSSR count). The van der Waals surface area contributed by atoms with E-state index >= 15 is 0 Å². The van der Waals surface area contributed by atoms with Crippen molar-refractivity contribution in [3.05, 3.63) is 72.0 Å². The Kier molecular flexibility index (Phi) is 5.65. The van der Waals surface area contributed by atoms with Crippen molar-refractivity contribution in [2.24, 2.45) is 0 Å². The number of aromatic nitrogens is 2. The van der Waals surface area contributed by atoms with Gasteiger partial charge in [0, 0.05) is 49.9 Å².